The summed E-state index contributed by atoms with van der Waals surface area (Å²) < 4.78 is 0. The average Bonchev–Trinajstić information content (AvgIpc) is 2.38. The van der Waals surface area contributed by atoms with Gasteiger partial charge in [-0.25, -0.2) is 0 Å². The Balaban J connectivity index is 2.13. The molecule has 20 heavy (non-hydrogen) atoms. The highest BCUT2D eigenvalue weighted by atomic mass is 35.5. The van der Waals surface area contributed by atoms with E-state index in [9.17, 15) is 4.79 Å². The topological polar surface area (TPSA) is 29.1 Å². The second-order valence-electron chi connectivity index (χ2n) is 4.02. The van der Waals surface area contributed by atoms with Crippen molar-refractivity contribution in [2.75, 3.05) is 5.32 Å². The minimum atomic E-state index is -0.422. The summed E-state index contributed by atoms with van der Waals surface area (Å²) in [4.78, 5) is 11.9. The molecule has 2 rings (SSSR count). The summed E-state index contributed by atoms with van der Waals surface area (Å²) in [6, 6.07) is 14.1. The third-order valence-corrected chi connectivity index (χ3v) is 3.15. The fourth-order valence-electron chi connectivity index (χ4n) is 1.58. The molecule has 0 fully saturated rings. The maximum Gasteiger partial charge on any atom is 0.267 e. The smallest absolute Gasteiger partial charge is 0.267 e. The number of amides is 1. The van der Waals surface area contributed by atoms with Crippen LogP contribution in [-0.2, 0) is 4.79 Å². The first-order valence-electron chi connectivity index (χ1n) is 5.74. The SMILES string of the molecule is O=C(Nc1cc(Cl)cc(Cl)c1)C(Cl)=Cc1ccccc1. The van der Waals surface area contributed by atoms with Gasteiger partial charge in [-0.05, 0) is 29.8 Å². The number of anilines is 1. The van der Waals surface area contributed by atoms with Gasteiger partial charge in [-0.3, -0.25) is 4.79 Å². The Morgan fingerprint density at radius 1 is 1.00 bits per heavy atom. The number of rotatable bonds is 3. The van der Waals surface area contributed by atoms with E-state index in [2.05, 4.69) is 5.32 Å². The van der Waals surface area contributed by atoms with Crippen LogP contribution in [0.3, 0.4) is 0 Å². The number of benzene rings is 2. The average molecular weight is 327 g/mol. The van der Waals surface area contributed by atoms with Crippen molar-refractivity contribution in [3.05, 3.63) is 69.2 Å². The number of halogens is 3. The minimum absolute atomic E-state index is 0.0762. The Bertz CT molecular complexity index is 633. The molecule has 5 heteroatoms. The lowest BCUT2D eigenvalue weighted by molar-refractivity contribution is -0.112. The second-order valence-corrected chi connectivity index (χ2v) is 5.30. The van der Waals surface area contributed by atoms with Crippen LogP contribution in [0.25, 0.3) is 6.08 Å². The van der Waals surface area contributed by atoms with E-state index in [1.165, 1.54) is 0 Å². The van der Waals surface area contributed by atoms with Crippen LogP contribution >= 0.6 is 34.8 Å². The Morgan fingerprint density at radius 3 is 2.20 bits per heavy atom. The molecule has 1 N–H and O–H groups in total. The van der Waals surface area contributed by atoms with E-state index < -0.39 is 5.91 Å². The lowest BCUT2D eigenvalue weighted by Gasteiger charge is -2.05. The number of carbonyl (C=O) groups excluding carboxylic acids is 1. The Morgan fingerprint density at radius 2 is 1.60 bits per heavy atom. The van der Waals surface area contributed by atoms with Gasteiger partial charge in [0, 0.05) is 15.7 Å². The highest BCUT2D eigenvalue weighted by molar-refractivity contribution is 6.45. The van der Waals surface area contributed by atoms with Crippen molar-refractivity contribution < 1.29 is 4.79 Å². The van der Waals surface area contributed by atoms with Gasteiger partial charge in [-0.1, -0.05) is 65.1 Å². The largest absolute Gasteiger partial charge is 0.321 e. The number of hydrogen-bond donors (Lipinski definition) is 1. The normalized spacial score (nSPS) is 11.2. The van der Waals surface area contributed by atoms with E-state index in [-0.39, 0.29) is 5.03 Å². The van der Waals surface area contributed by atoms with Gasteiger partial charge < -0.3 is 5.32 Å². The van der Waals surface area contributed by atoms with Crippen LogP contribution in [-0.4, -0.2) is 5.91 Å². The summed E-state index contributed by atoms with van der Waals surface area (Å²) >= 11 is 17.7. The number of hydrogen-bond acceptors (Lipinski definition) is 1. The van der Waals surface area contributed by atoms with E-state index in [0.717, 1.165) is 5.56 Å². The van der Waals surface area contributed by atoms with Gasteiger partial charge in [0.1, 0.15) is 5.03 Å². The molecule has 1 amide bonds. The zero-order valence-corrected chi connectivity index (χ0v) is 12.5. The van der Waals surface area contributed by atoms with Crippen molar-refractivity contribution in [2.24, 2.45) is 0 Å². The minimum Gasteiger partial charge on any atom is -0.321 e. The lowest BCUT2D eigenvalue weighted by atomic mass is 10.2. The molecule has 0 saturated carbocycles. The van der Waals surface area contributed by atoms with Gasteiger partial charge in [0.05, 0.1) is 0 Å². The van der Waals surface area contributed by atoms with Crippen LogP contribution in [0.1, 0.15) is 5.56 Å². The van der Waals surface area contributed by atoms with Crippen molar-refractivity contribution in [1.29, 1.82) is 0 Å². The standard InChI is InChI=1S/C15H10Cl3NO/c16-11-7-12(17)9-13(8-11)19-15(20)14(18)6-10-4-2-1-3-5-10/h1-9H,(H,19,20). The third-order valence-electron chi connectivity index (χ3n) is 2.43. The van der Waals surface area contributed by atoms with E-state index in [1.807, 2.05) is 30.3 Å². The van der Waals surface area contributed by atoms with E-state index in [1.54, 1.807) is 24.3 Å². The van der Waals surface area contributed by atoms with Gasteiger partial charge in [0.25, 0.3) is 5.91 Å². The summed E-state index contributed by atoms with van der Waals surface area (Å²) in [5.41, 5.74) is 1.34. The summed E-state index contributed by atoms with van der Waals surface area (Å²) in [5.74, 6) is -0.422. The molecule has 0 aromatic heterocycles. The van der Waals surface area contributed by atoms with Crippen molar-refractivity contribution >= 4 is 52.5 Å². The maximum absolute atomic E-state index is 11.9. The van der Waals surface area contributed by atoms with Crippen LogP contribution in [0.5, 0.6) is 0 Å². The molecule has 2 nitrogen and oxygen atoms in total. The van der Waals surface area contributed by atoms with Gasteiger partial charge in [-0.2, -0.15) is 0 Å². The van der Waals surface area contributed by atoms with Crippen molar-refractivity contribution in [3.8, 4) is 0 Å². The van der Waals surface area contributed by atoms with Crippen molar-refractivity contribution in [1.82, 2.24) is 0 Å². The first kappa shape index (κ1) is 14.9. The Kier molecular flexibility index (Phi) is 5.07. The first-order valence-corrected chi connectivity index (χ1v) is 6.88. The quantitative estimate of drug-likeness (QED) is 0.771. The van der Waals surface area contributed by atoms with Crippen LogP contribution in [0.15, 0.2) is 53.6 Å². The summed E-state index contributed by atoms with van der Waals surface area (Å²) in [6.45, 7) is 0. The third kappa shape index (κ3) is 4.27. The molecule has 0 spiro atoms. The second kappa shape index (κ2) is 6.80. The Hall–Kier alpha value is -1.48. The summed E-state index contributed by atoms with van der Waals surface area (Å²) in [7, 11) is 0. The number of carbonyl (C=O) groups is 1. The van der Waals surface area contributed by atoms with Crippen molar-refractivity contribution in [3.63, 3.8) is 0 Å². The molecule has 0 radical (unpaired) electrons. The zero-order valence-electron chi connectivity index (χ0n) is 10.2. The van der Waals surface area contributed by atoms with Gasteiger partial charge in [0.2, 0.25) is 0 Å². The van der Waals surface area contributed by atoms with Crippen LogP contribution < -0.4 is 5.32 Å². The molecule has 102 valence electrons. The fraction of sp³-hybridized carbons (Fsp3) is 0. The van der Waals surface area contributed by atoms with Gasteiger partial charge in [0.15, 0.2) is 0 Å². The van der Waals surface area contributed by atoms with Gasteiger partial charge >= 0.3 is 0 Å². The molecule has 0 aliphatic carbocycles. The molecule has 0 bridgehead atoms. The van der Waals surface area contributed by atoms with E-state index >= 15 is 0 Å². The molecule has 0 aliphatic rings. The zero-order chi connectivity index (χ0) is 14.5. The molecular formula is C15H10Cl3NO. The van der Waals surface area contributed by atoms with Crippen LogP contribution in [0.4, 0.5) is 5.69 Å². The van der Waals surface area contributed by atoms with E-state index in [0.29, 0.717) is 15.7 Å². The molecule has 0 atom stereocenters. The highest BCUT2D eigenvalue weighted by Crippen LogP contribution is 2.23. The monoisotopic (exact) mass is 325 g/mol. The molecule has 0 unspecified atom stereocenters. The predicted molar refractivity (Wildman–Crippen MR) is 85.4 cm³/mol. The summed E-state index contributed by atoms with van der Waals surface area (Å²) in [6.07, 6.45) is 1.59. The molecule has 2 aromatic carbocycles. The number of nitrogens with one attached hydrogen (secondary N) is 1. The predicted octanol–water partition coefficient (Wildman–Crippen LogP) is 5.21. The van der Waals surface area contributed by atoms with Gasteiger partial charge in [-0.15, -0.1) is 0 Å². The maximum atomic E-state index is 11.9. The molecule has 2 aromatic rings. The molecule has 0 aliphatic heterocycles. The Labute approximate surface area is 132 Å². The lowest BCUT2D eigenvalue weighted by Crippen LogP contribution is -2.11. The van der Waals surface area contributed by atoms with E-state index in [4.69, 9.17) is 34.8 Å². The highest BCUT2D eigenvalue weighted by Gasteiger charge is 2.08. The molecular weight excluding hydrogens is 317 g/mol. The van der Waals surface area contributed by atoms with Crippen molar-refractivity contribution in [2.45, 2.75) is 0 Å². The summed E-state index contributed by atoms with van der Waals surface area (Å²) in [5, 5.41) is 3.59. The molecule has 0 heterocycles. The fourth-order valence-corrected chi connectivity index (χ4v) is 2.28. The molecule has 0 saturated heterocycles. The first-order chi connectivity index (χ1) is 9.54. The van der Waals surface area contributed by atoms with Crippen LogP contribution in [0, 0.1) is 0 Å². The van der Waals surface area contributed by atoms with Crippen LogP contribution in [0.2, 0.25) is 10.0 Å².